The van der Waals surface area contributed by atoms with Crippen LogP contribution >= 0.6 is 0 Å². The Bertz CT molecular complexity index is 1010. The molecule has 0 aliphatic carbocycles. The van der Waals surface area contributed by atoms with E-state index in [4.69, 9.17) is 13.3 Å². The Morgan fingerprint density at radius 2 is 0.804 bits per heavy atom. The first-order chi connectivity index (χ1) is 23.2. The standard InChI is InChI=1S/C39H84N4O5Si3/c1-17-24-42(27-30-46-49(11,12)37(2,3)4)25-20-18-22-33-35(44)41-34(36(45)40-33)23-19-21-26-43(28-31-47-50(13,14)38(5,6)7)29-32-48-51(15,16)39(8,9)10/h33-34H,17-32H2,1-16H3,(H,40,45)(H,41,44). The molecule has 0 aromatic rings. The van der Waals surface area contributed by atoms with Gasteiger partial charge in [-0.25, -0.2) is 0 Å². The van der Waals surface area contributed by atoms with Crippen LogP contribution in [-0.2, 0) is 22.9 Å². The number of unbranched alkanes of at least 4 members (excludes halogenated alkanes) is 2. The SMILES string of the molecule is CCCN(CCCCC1NC(=O)C(CCCCN(CCO[Si](C)(C)C(C)(C)C)CCO[Si](C)(C)C(C)(C)C)NC1=O)CCO[Si](C)(C)C(C)(C)C. The first-order valence-electron chi connectivity index (χ1n) is 20.2. The molecule has 1 heterocycles. The second kappa shape index (κ2) is 20.9. The van der Waals surface area contributed by atoms with Gasteiger partial charge in [-0.05, 0) is 119 Å². The molecule has 2 unspecified atom stereocenters. The van der Waals surface area contributed by atoms with Gasteiger partial charge in [0, 0.05) is 39.5 Å². The Kier molecular flexibility index (Phi) is 19.8. The zero-order valence-corrected chi connectivity index (χ0v) is 39.4. The Morgan fingerprint density at radius 1 is 0.510 bits per heavy atom. The number of nitrogens with zero attached hydrogens (tertiary/aromatic N) is 2. The molecule has 0 saturated carbocycles. The maximum Gasteiger partial charge on any atom is 0.243 e. The Labute approximate surface area is 318 Å². The van der Waals surface area contributed by atoms with Crippen LogP contribution in [0.15, 0.2) is 0 Å². The van der Waals surface area contributed by atoms with Crippen LogP contribution in [0.1, 0.15) is 114 Å². The van der Waals surface area contributed by atoms with Crippen molar-refractivity contribution in [3.05, 3.63) is 0 Å². The van der Waals surface area contributed by atoms with Gasteiger partial charge in [0.1, 0.15) is 12.1 Å². The molecule has 302 valence electrons. The van der Waals surface area contributed by atoms with E-state index in [1.54, 1.807) is 0 Å². The van der Waals surface area contributed by atoms with E-state index in [0.29, 0.717) is 12.8 Å². The van der Waals surface area contributed by atoms with Crippen LogP contribution in [0.25, 0.3) is 0 Å². The van der Waals surface area contributed by atoms with E-state index < -0.39 is 37.0 Å². The molecule has 51 heavy (non-hydrogen) atoms. The van der Waals surface area contributed by atoms with Crippen molar-refractivity contribution in [2.24, 2.45) is 0 Å². The summed E-state index contributed by atoms with van der Waals surface area (Å²) in [6.07, 6.45) is 6.17. The van der Waals surface area contributed by atoms with Crippen molar-refractivity contribution >= 4 is 36.8 Å². The predicted octanol–water partition coefficient (Wildman–Crippen LogP) is 8.39. The average Bonchev–Trinajstić information content (AvgIpc) is 2.97. The lowest BCUT2D eigenvalue weighted by Gasteiger charge is -2.38. The number of carbonyl (C=O) groups is 2. The van der Waals surface area contributed by atoms with E-state index in [1.165, 1.54) is 0 Å². The van der Waals surface area contributed by atoms with E-state index in [1.807, 2.05) is 0 Å². The fourth-order valence-electron chi connectivity index (χ4n) is 5.38. The topological polar surface area (TPSA) is 92.4 Å². The number of carbonyl (C=O) groups excluding carboxylic acids is 2. The third-order valence-electron chi connectivity index (χ3n) is 12.3. The summed E-state index contributed by atoms with van der Waals surface area (Å²) in [4.78, 5) is 31.0. The molecule has 0 radical (unpaired) electrons. The highest BCUT2D eigenvalue weighted by Crippen LogP contribution is 2.38. The zero-order valence-electron chi connectivity index (χ0n) is 36.4. The molecular formula is C39H84N4O5Si3. The normalized spacial score (nSPS) is 18.5. The molecule has 2 amide bonds. The van der Waals surface area contributed by atoms with Crippen LogP contribution in [0.2, 0.25) is 54.4 Å². The van der Waals surface area contributed by atoms with Crippen molar-refractivity contribution in [1.82, 2.24) is 20.4 Å². The molecule has 12 heteroatoms. The summed E-state index contributed by atoms with van der Waals surface area (Å²) < 4.78 is 19.4. The summed E-state index contributed by atoms with van der Waals surface area (Å²) in [7, 11) is -5.38. The van der Waals surface area contributed by atoms with Gasteiger partial charge in [0.25, 0.3) is 0 Å². The van der Waals surface area contributed by atoms with Crippen molar-refractivity contribution in [3.63, 3.8) is 0 Å². The van der Waals surface area contributed by atoms with Crippen LogP contribution in [0, 0.1) is 0 Å². The molecule has 0 aromatic carbocycles. The first kappa shape index (κ1) is 48.4. The molecule has 0 bridgehead atoms. The van der Waals surface area contributed by atoms with Gasteiger partial charge >= 0.3 is 0 Å². The van der Waals surface area contributed by atoms with Gasteiger partial charge in [0.15, 0.2) is 25.0 Å². The minimum Gasteiger partial charge on any atom is -0.416 e. The van der Waals surface area contributed by atoms with Gasteiger partial charge in [-0.3, -0.25) is 14.5 Å². The average molecular weight is 773 g/mol. The summed E-state index contributed by atoms with van der Waals surface area (Å²) in [6.45, 7) is 44.4. The molecule has 1 aliphatic heterocycles. The molecular weight excluding hydrogens is 689 g/mol. The highest BCUT2D eigenvalue weighted by Gasteiger charge is 2.39. The van der Waals surface area contributed by atoms with Crippen molar-refractivity contribution < 1.29 is 22.9 Å². The van der Waals surface area contributed by atoms with Gasteiger partial charge in [-0.15, -0.1) is 0 Å². The van der Waals surface area contributed by atoms with Crippen LogP contribution in [0.3, 0.4) is 0 Å². The maximum absolute atomic E-state index is 13.0. The Morgan fingerprint density at radius 3 is 1.08 bits per heavy atom. The van der Waals surface area contributed by atoms with Crippen LogP contribution < -0.4 is 10.6 Å². The Balaban J connectivity index is 2.55. The number of piperazine rings is 1. The van der Waals surface area contributed by atoms with E-state index in [2.05, 4.69) is 129 Å². The smallest absolute Gasteiger partial charge is 0.243 e. The van der Waals surface area contributed by atoms with E-state index >= 15 is 0 Å². The highest BCUT2D eigenvalue weighted by molar-refractivity contribution is 6.74. The highest BCUT2D eigenvalue weighted by atomic mass is 28.4. The minimum atomic E-state index is -1.82. The third kappa shape index (κ3) is 17.2. The quantitative estimate of drug-likeness (QED) is 0.0753. The lowest BCUT2D eigenvalue weighted by Crippen LogP contribution is -2.61. The molecule has 1 fully saturated rings. The van der Waals surface area contributed by atoms with E-state index in [-0.39, 0.29) is 26.9 Å². The summed E-state index contributed by atoms with van der Waals surface area (Å²) >= 11 is 0. The molecule has 2 atom stereocenters. The molecule has 2 N–H and O–H groups in total. The van der Waals surface area contributed by atoms with Gasteiger partial charge < -0.3 is 28.8 Å². The lowest BCUT2D eigenvalue weighted by atomic mass is 10.0. The fourth-order valence-corrected chi connectivity index (χ4v) is 8.48. The van der Waals surface area contributed by atoms with Crippen molar-refractivity contribution in [3.8, 4) is 0 Å². The number of hydrogen-bond donors (Lipinski definition) is 2. The van der Waals surface area contributed by atoms with E-state index in [0.717, 1.165) is 91.2 Å². The molecule has 0 aromatic heterocycles. The van der Waals surface area contributed by atoms with Crippen molar-refractivity contribution in [2.45, 2.75) is 181 Å². The van der Waals surface area contributed by atoms with Gasteiger partial charge in [-0.2, -0.15) is 0 Å². The molecule has 1 aliphatic rings. The second-order valence-corrected chi connectivity index (χ2v) is 34.1. The molecule has 9 nitrogen and oxygen atoms in total. The largest absolute Gasteiger partial charge is 0.416 e. The monoisotopic (exact) mass is 773 g/mol. The zero-order chi connectivity index (χ0) is 39.3. The molecule has 1 saturated heterocycles. The summed E-state index contributed by atoms with van der Waals surface area (Å²) in [5.74, 6) is -0.0858. The van der Waals surface area contributed by atoms with Crippen LogP contribution in [0.5, 0.6) is 0 Å². The van der Waals surface area contributed by atoms with Crippen molar-refractivity contribution in [2.75, 3.05) is 59.1 Å². The fraction of sp³-hybridized carbons (Fsp3) is 0.949. The van der Waals surface area contributed by atoms with Crippen LogP contribution in [0.4, 0.5) is 0 Å². The predicted molar refractivity (Wildman–Crippen MR) is 224 cm³/mol. The first-order valence-corrected chi connectivity index (χ1v) is 28.9. The van der Waals surface area contributed by atoms with Gasteiger partial charge in [0.05, 0.1) is 0 Å². The summed E-state index contributed by atoms with van der Waals surface area (Å²) in [6, 6.07) is -0.889. The number of nitrogens with one attached hydrogen (secondary N) is 2. The maximum atomic E-state index is 13.0. The number of amides is 2. The Hall–Kier alpha value is -0.609. The van der Waals surface area contributed by atoms with Crippen LogP contribution in [-0.4, -0.2) is 118 Å². The van der Waals surface area contributed by atoms with E-state index in [9.17, 15) is 9.59 Å². The van der Waals surface area contributed by atoms with Gasteiger partial charge in [0.2, 0.25) is 11.8 Å². The number of hydrogen-bond acceptors (Lipinski definition) is 7. The summed E-state index contributed by atoms with van der Waals surface area (Å²) in [5, 5.41) is 6.66. The number of rotatable bonds is 24. The van der Waals surface area contributed by atoms with Gasteiger partial charge in [-0.1, -0.05) is 69.2 Å². The molecule has 1 rings (SSSR count). The lowest BCUT2D eigenvalue weighted by molar-refractivity contribution is -0.137. The summed E-state index contributed by atoms with van der Waals surface area (Å²) in [5.41, 5.74) is 0. The minimum absolute atomic E-state index is 0.0417. The molecule has 0 spiro atoms. The third-order valence-corrected chi connectivity index (χ3v) is 25.9. The van der Waals surface area contributed by atoms with Crippen molar-refractivity contribution in [1.29, 1.82) is 0 Å². The second-order valence-electron chi connectivity index (χ2n) is 19.6.